The summed E-state index contributed by atoms with van der Waals surface area (Å²) < 4.78 is 59.6. The number of hydrogen-bond donors (Lipinski definition) is 7. The zero-order chi connectivity index (χ0) is 28.1. The highest BCUT2D eigenvalue weighted by Crippen LogP contribution is 2.66. The molecule has 0 aliphatic carbocycles. The molecule has 210 valence electrons. The van der Waals surface area contributed by atoms with Gasteiger partial charge in [0.25, 0.3) is 0 Å². The Morgan fingerprint density at radius 3 is 2.68 bits per heavy atom. The first kappa shape index (κ1) is 30.3. The van der Waals surface area contributed by atoms with Crippen LogP contribution in [0, 0.1) is 11.8 Å². The molecule has 1 aromatic rings. The van der Waals surface area contributed by atoms with E-state index in [0.29, 0.717) is 16.9 Å². The fourth-order valence-corrected chi connectivity index (χ4v) is 6.56. The number of amidine groups is 1. The molecule has 0 bridgehead atoms. The van der Waals surface area contributed by atoms with Gasteiger partial charge < -0.3 is 50.4 Å². The number of ether oxygens (including phenoxy) is 2. The maximum absolute atomic E-state index is 12.1. The molecule has 2 aliphatic rings. The number of anilines is 1. The molecule has 0 amide bonds. The number of nitrogens with zero attached hydrogens (tertiary/aromatic N) is 5. The van der Waals surface area contributed by atoms with E-state index in [0.717, 1.165) is 0 Å². The zero-order valence-corrected chi connectivity index (χ0v) is 21.8. The van der Waals surface area contributed by atoms with Gasteiger partial charge in [-0.2, -0.15) is 8.62 Å². The van der Waals surface area contributed by atoms with Crippen LogP contribution >= 0.6 is 23.5 Å². The maximum Gasteiger partial charge on any atom is 0.490 e. The quantitative estimate of drug-likeness (QED) is 0.0585. The van der Waals surface area contributed by atoms with Crippen molar-refractivity contribution in [3.05, 3.63) is 27.8 Å². The lowest BCUT2D eigenvalue weighted by atomic mass is 10.1. The number of rotatable bonds is 11. The Labute approximate surface area is 214 Å². The van der Waals surface area contributed by atoms with Crippen LogP contribution in [0.4, 0.5) is 5.82 Å². The molecule has 3 rings (SSSR count). The van der Waals surface area contributed by atoms with Gasteiger partial charge in [0.15, 0.2) is 0 Å². The average molecular weight is 600 g/mol. The van der Waals surface area contributed by atoms with E-state index in [1.54, 1.807) is 10.8 Å². The molecule has 23 heteroatoms. The molecule has 0 aromatic carbocycles. The van der Waals surface area contributed by atoms with Gasteiger partial charge in [-0.3, -0.25) is 4.52 Å². The number of aromatic nitrogens is 1. The number of hydrogen-bond acceptors (Lipinski definition) is 13. The highest BCUT2D eigenvalue weighted by Gasteiger charge is 2.44. The van der Waals surface area contributed by atoms with E-state index in [2.05, 4.69) is 45.3 Å². The van der Waals surface area contributed by atoms with Gasteiger partial charge in [-0.1, -0.05) is 17.0 Å². The molecule has 1 fully saturated rings. The summed E-state index contributed by atoms with van der Waals surface area (Å²) in [6, 6.07) is 0. The summed E-state index contributed by atoms with van der Waals surface area (Å²) in [4.78, 5) is 43.1. The smallest absolute Gasteiger partial charge is 0.383 e. The van der Waals surface area contributed by atoms with Crippen molar-refractivity contribution in [2.75, 3.05) is 31.9 Å². The van der Waals surface area contributed by atoms with Crippen LogP contribution in [0.25, 0.3) is 10.4 Å². The van der Waals surface area contributed by atoms with Gasteiger partial charge >= 0.3 is 23.5 Å². The number of phosphoric ester groups is 1. The van der Waals surface area contributed by atoms with E-state index in [1.165, 1.54) is 0 Å². The molecule has 9 N–H and O–H groups in total. The number of nitrogens with one attached hydrogen (secondary N) is 1. The minimum absolute atomic E-state index is 0.0857. The van der Waals surface area contributed by atoms with Crippen molar-refractivity contribution in [1.29, 1.82) is 0 Å². The van der Waals surface area contributed by atoms with Crippen molar-refractivity contribution in [2.45, 2.75) is 24.9 Å². The van der Waals surface area contributed by atoms with Crippen LogP contribution in [-0.2, 0) is 36.3 Å². The molecule has 5 atom stereocenters. The monoisotopic (exact) mass is 600 g/mol. The maximum atomic E-state index is 12.1. The van der Waals surface area contributed by atoms with Gasteiger partial charge in [0.2, 0.25) is 0 Å². The first-order valence-corrected chi connectivity index (χ1v) is 14.8. The molecule has 38 heavy (non-hydrogen) atoms. The Morgan fingerprint density at radius 1 is 1.29 bits per heavy atom. The second-order valence-electron chi connectivity index (χ2n) is 7.37. The van der Waals surface area contributed by atoms with Gasteiger partial charge in [0.1, 0.15) is 37.4 Å². The highest BCUT2D eigenvalue weighted by molar-refractivity contribution is 7.66. The normalized spacial score (nSPS) is 24.0. The summed E-state index contributed by atoms with van der Waals surface area (Å²) in [6.45, 7) is -0.965. The fraction of sp³-hybridized carbons (Fsp3) is 0.533. The van der Waals surface area contributed by atoms with Gasteiger partial charge in [0.05, 0.1) is 30.4 Å². The lowest BCUT2D eigenvalue weighted by molar-refractivity contribution is -0.0585. The Bertz CT molecular complexity index is 1330. The molecule has 1 aromatic heterocycles. The third kappa shape index (κ3) is 8.10. The average Bonchev–Trinajstić information content (AvgIpc) is 3.36. The Morgan fingerprint density at radius 2 is 2.03 bits per heavy atom. The molecular weight excluding hydrogens is 577 g/mol. The summed E-state index contributed by atoms with van der Waals surface area (Å²) in [6.07, 6.45) is -1.13. The van der Waals surface area contributed by atoms with E-state index in [9.17, 15) is 23.5 Å². The van der Waals surface area contributed by atoms with Crippen molar-refractivity contribution in [3.63, 3.8) is 0 Å². The molecule has 0 radical (unpaired) electrons. The Balaban J connectivity index is 1.81. The van der Waals surface area contributed by atoms with Crippen LogP contribution in [0.2, 0.25) is 0 Å². The number of fused-ring (bicyclic) bond motifs is 1. The van der Waals surface area contributed by atoms with Crippen LogP contribution in [-0.4, -0.2) is 68.7 Å². The van der Waals surface area contributed by atoms with Crippen LogP contribution in [0.5, 0.6) is 0 Å². The van der Waals surface area contributed by atoms with Crippen LogP contribution in [0.3, 0.4) is 0 Å². The summed E-state index contributed by atoms with van der Waals surface area (Å²) >= 11 is 0. The van der Waals surface area contributed by atoms with Crippen LogP contribution in [0.1, 0.15) is 23.8 Å². The topological polar surface area (TPSA) is 308 Å². The van der Waals surface area contributed by atoms with E-state index in [1.807, 2.05) is 0 Å². The molecule has 2 unspecified atom stereocenters. The van der Waals surface area contributed by atoms with E-state index < -0.39 is 55.2 Å². The third-order valence-corrected chi connectivity index (χ3v) is 8.63. The van der Waals surface area contributed by atoms with Crippen molar-refractivity contribution in [3.8, 4) is 11.8 Å². The number of azide groups is 1. The first-order valence-electron chi connectivity index (χ1n) is 10.3. The second-order valence-corrected chi connectivity index (χ2v) is 11.8. The summed E-state index contributed by atoms with van der Waals surface area (Å²) in [5.41, 5.74) is 21.0. The first-order chi connectivity index (χ1) is 17.8. The predicted molar refractivity (Wildman–Crippen MR) is 127 cm³/mol. The third-order valence-electron chi connectivity index (χ3n) is 4.83. The lowest BCUT2D eigenvalue weighted by Gasteiger charge is -2.21. The SMILES string of the molecule is [N-]=[N+]=NCO[C@H]1C[C@H](n2cc(C#CCN)c3c2NCN=C3N)O[C@@H]1COP(=O)(O)OP(=O)(O)OP(=O)(O)O. The molecular formula is C15H23N8O12P3. The second kappa shape index (κ2) is 12.3. The van der Waals surface area contributed by atoms with Crippen molar-refractivity contribution >= 4 is 35.1 Å². The molecule has 1 saturated heterocycles. The molecule has 20 nitrogen and oxygen atoms in total. The van der Waals surface area contributed by atoms with Crippen molar-refractivity contribution in [1.82, 2.24) is 4.57 Å². The highest BCUT2D eigenvalue weighted by atomic mass is 31.3. The fourth-order valence-electron chi connectivity index (χ4n) is 3.53. The predicted octanol–water partition coefficient (Wildman–Crippen LogP) is 0.170. The van der Waals surface area contributed by atoms with Crippen molar-refractivity contribution < 1.29 is 55.9 Å². The van der Waals surface area contributed by atoms with E-state index in [4.69, 9.17) is 36.3 Å². The molecule has 0 spiro atoms. The minimum atomic E-state index is -5.71. The van der Waals surface area contributed by atoms with Crippen molar-refractivity contribution in [2.24, 2.45) is 21.6 Å². The minimum Gasteiger partial charge on any atom is -0.383 e. The summed E-state index contributed by atoms with van der Waals surface area (Å²) in [7, 11) is -16.7. The van der Waals surface area contributed by atoms with Crippen LogP contribution in [0.15, 0.2) is 16.3 Å². The van der Waals surface area contributed by atoms with Gasteiger partial charge in [0, 0.05) is 17.5 Å². The van der Waals surface area contributed by atoms with E-state index >= 15 is 0 Å². The van der Waals surface area contributed by atoms with Crippen LogP contribution < -0.4 is 16.8 Å². The van der Waals surface area contributed by atoms with Gasteiger partial charge in [-0.05, 0) is 5.53 Å². The number of aliphatic imine (C=N–C) groups is 1. The largest absolute Gasteiger partial charge is 0.490 e. The summed E-state index contributed by atoms with van der Waals surface area (Å²) in [5.74, 6) is 6.33. The van der Waals surface area contributed by atoms with Gasteiger partial charge in [-0.25, -0.2) is 18.7 Å². The molecule has 2 aliphatic heterocycles. The summed E-state index contributed by atoms with van der Waals surface area (Å²) in [5, 5.41) is 6.32. The zero-order valence-electron chi connectivity index (χ0n) is 19.1. The molecule has 3 heterocycles. The van der Waals surface area contributed by atoms with E-state index in [-0.39, 0.29) is 25.5 Å². The van der Waals surface area contributed by atoms with Gasteiger partial charge in [-0.15, -0.1) is 0 Å². The molecule has 0 saturated carbocycles. The Hall–Kier alpha value is -2.29. The number of nitrogens with two attached hydrogens (primary N) is 2. The number of phosphoric acid groups is 3. The lowest BCUT2D eigenvalue weighted by Crippen LogP contribution is -2.29. The standard InChI is InChI=1S/C15H23N8O12P3/c16-3-1-2-9-5-23(15-13(9)14(17)19-7-20-15)12-4-10(31-8-21-22-18)11(33-12)6-32-37(27,28)35-38(29,30)34-36(24,25)26/h5,10-12,20H,3-4,6-8,16H2,(H2,17,19)(H,27,28)(H,29,30)(H2,24,25,26)/t10-,11+,12+/m0/s1. The Kier molecular flexibility index (Phi) is 9.76.